The van der Waals surface area contributed by atoms with Gasteiger partial charge in [-0.1, -0.05) is 12.1 Å². The molecule has 7 heteroatoms. The lowest BCUT2D eigenvalue weighted by molar-refractivity contribution is -0.137. The monoisotopic (exact) mass is 391 g/mol. The fourth-order valence-corrected chi connectivity index (χ4v) is 4.22. The van der Waals surface area contributed by atoms with E-state index in [-0.39, 0.29) is 5.11 Å². The second kappa shape index (κ2) is 7.13. The molecule has 2 aromatic carbocycles. The summed E-state index contributed by atoms with van der Waals surface area (Å²) in [4.78, 5) is 2.52. The Bertz CT molecular complexity index is 866. The van der Waals surface area contributed by atoms with Crippen LogP contribution in [0, 0.1) is 0 Å². The molecular weight excluding hydrogens is 371 g/mol. The van der Waals surface area contributed by atoms with E-state index in [1.54, 1.807) is 6.07 Å². The Hall–Kier alpha value is -2.12. The fourth-order valence-electron chi connectivity index (χ4n) is 3.99. The van der Waals surface area contributed by atoms with Crippen molar-refractivity contribution < 1.29 is 13.2 Å². The third-order valence-electron chi connectivity index (χ3n) is 5.24. The van der Waals surface area contributed by atoms with Gasteiger partial charge in [0.25, 0.3) is 0 Å². The lowest BCUT2D eigenvalue weighted by atomic mass is 9.92. The van der Waals surface area contributed by atoms with Crippen LogP contribution in [0.3, 0.4) is 0 Å². The van der Waals surface area contributed by atoms with Crippen LogP contribution in [0.25, 0.3) is 0 Å². The molecule has 0 aromatic heterocycles. The molecule has 0 aliphatic carbocycles. The SMILES string of the molecule is FC(F)(F)c1cccc(NC(=S)Nc2ccc3c(c2)C2CCCN2CC3)c1. The highest BCUT2D eigenvalue weighted by Gasteiger charge is 2.31. The molecular formula is C20H20F3N3S. The van der Waals surface area contributed by atoms with E-state index in [0.717, 1.165) is 37.3 Å². The highest BCUT2D eigenvalue weighted by atomic mass is 32.1. The van der Waals surface area contributed by atoms with E-state index >= 15 is 0 Å². The Morgan fingerprint density at radius 1 is 1.04 bits per heavy atom. The van der Waals surface area contributed by atoms with Crippen molar-refractivity contribution in [3.63, 3.8) is 0 Å². The molecule has 0 spiro atoms. The van der Waals surface area contributed by atoms with Gasteiger partial charge in [-0.15, -0.1) is 0 Å². The van der Waals surface area contributed by atoms with Crippen molar-refractivity contribution in [2.75, 3.05) is 23.7 Å². The number of hydrogen-bond acceptors (Lipinski definition) is 2. The summed E-state index contributed by atoms with van der Waals surface area (Å²) < 4.78 is 38.5. The molecule has 2 aliphatic heterocycles. The van der Waals surface area contributed by atoms with Crippen molar-refractivity contribution in [1.29, 1.82) is 0 Å². The number of fused-ring (bicyclic) bond motifs is 3. The van der Waals surface area contributed by atoms with Crippen LogP contribution in [0.15, 0.2) is 42.5 Å². The zero-order chi connectivity index (χ0) is 19.0. The third kappa shape index (κ3) is 3.94. The Kier molecular flexibility index (Phi) is 4.82. The van der Waals surface area contributed by atoms with Gasteiger partial charge in [0, 0.05) is 24.0 Å². The Balaban J connectivity index is 1.47. The molecule has 0 amide bonds. The normalized spacial score (nSPS) is 19.3. The standard InChI is InChI=1S/C20H20F3N3S/c21-20(22,23)14-3-1-4-15(11-14)24-19(27)25-16-7-6-13-8-10-26-9-2-5-18(26)17(13)12-16/h1,3-4,6-7,11-12,18H,2,5,8-10H2,(H2,24,25,27). The molecule has 27 heavy (non-hydrogen) atoms. The molecule has 1 saturated heterocycles. The Morgan fingerprint density at radius 3 is 2.59 bits per heavy atom. The smallest absolute Gasteiger partial charge is 0.332 e. The molecule has 2 aliphatic rings. The van der Waals surface area contributed by atoms with Gasteiger partial charge in [0.2, 0.25) is 0 Å². The number of thiocarbonyl (C=S) groups is 1. The van der Waals surface area contributed by atoms with Crippen LogP contribution in [0.1, 0.15) is 35.6 Å². The highest BCUT2D eigenvalue weighted by Crippen LogP contribution is 2.38. The van der Waals surface area contributed by atoms with Crippen molar-refractivity contribution in [2.24, 2.45) is 0 Å². The van der Waals surface area contributed by atoms with E-state index in [9.17, 15) is 13.2 Å². The van der Waals surface area contributed by atoms with Crippen molar-refractivity contribution in [3.8, 4) is 0 Å². The molecule has 1 atom stereocenters. The number of alkyl halides is 3. The van der Waals surface area contributed by atoms with Gasteiger partial charge in [0.1, 0.15) is 0 Å². The second-order valence-corrected chi connectivity index (χ2v) is 7.42. The van der Waals surface area contributed by atoms with Crippen LogP contribution in [-0.4, -0.2) is 23.1 Å². The van der Waals surface area contributed by atoms with E-state index < -0.39 is 11.7 Å². The summed E-state index contributed by atoms with van der Waals surface area (Å²) >= 11 is 5.29. The molecule has 2 heterocycles. The number of nitrogens with one attached hydrogen (secondary N) is 2. The zero-order valence-corrected chi connectivity index (χ0v) is 15.5. The Labute approximate surface area is 161 Å². The first-order valence-electron chi connectivity index (χ1n) is 9.02. The number of benzene rings is 2. The largest absolute Gasteiger partial charge is 0.416 e. The maximum Gasteiger partial charge on any atom is 0.416 e. The van der Waals surface area contributed by atoms with Crippen LogP contribution in [-0.2, 0) is 12.6 Å². The van der Waals surface area contributed by atoms with Gasteiger partial charge in [0.15, 0.2) is 5.11 Å². The molecule has 0 bridgehead atoms. The summed E-state index contributed by atoms with van der Waals surface area (Å²) in [5.74, 6) is 0. The average molecular weight is 391 g/mol. The maximum absolute atomic E-state index is 12.8. The van der Waals surface area contributed by atoms with Gasteiger partial charge in [-0.3, -0.25) is 4.90 Å². The predicted octanol–water partition coefficient (Wildman–Crippen LogP) is 5.21. The first-order valence-corrected chi connectivity index (χ1v) is 9.43. The lowest BCUT2D eigenvalue weighted by Gasteiger charge is -2.32. The van der Waals surface area contributed by atoms with E-state index in [2.05, 4.69) is 27.7 Å². The van der Waals surface area contributed by atoms with Crippen LogP contribution < -0.4 is 10.6 Å². The third-order valence-corrected chi connectivity index (χ3v) is 5.45. The minimum atomic E-state index is -4.38. The van der Waals surface area contributed by atoms with E-state index in [1.807, 2.05) is 6.07 Å². The van der Waals surface area contributed by atoms with E-state index in [0.29, 0.717) is 11.7 Å². The van der Waals surface area contributed by atoms with Crippen LogP contribution in [0.4, 0.5) is 24.5 Å². The van der Waals surface area contributed by atoms with Gasteiger partial charge < -0.3 is 10.6 Å². The van der Waals surface area contributed by atoms with Crippen molar-refractivity contribution in [3.05, 3.63) is 59.2 Å². The van der Waals surface area contributed by atoms with Crippen molar-refractivity contribution in [1.82, 2.24) is 4.90 Å². The number of nitrogens with zero attached hydrogens (tertiary/aromatic N) is 1. The zero-order valence-electron chi connectivity index (χ0n) is 14.6. The number of halogens is 3. The van der Waals surface area contributed by atoms with Gasteiger partial charge in [0.05, 0.1) is 5.56 Å². The molecule has 2 aromatic rings. The lowest BCUT2D eigenvalue weighted by Crippen LogP contribution is -2.31. The minimum absolute atomic E-state index is 0.272. The predicted molar refractivity (Wildman–Crippen MR) is 105 cm³/mol. The van der Waals surface area contributed by atoms with Crippen molar-refractivity contribution in [2.45, 2.75) is 31.5 Å². The molecule has 2 N–H and O–H groups in total. The van der Waals surface area contributed by atoms with Gasteiger partial charge in [-0.05, 0) is 79.5 Å². The van der Waals surface area contributed by atoms with Gasteiger partial charge in [-0.25, -0.2) is 0 Å². The quantitative estimate of drug-likeness (QED) is 0.688. The van der Waals surface area contributed by atoms with Crippen molar-refractivity contribution >= 4 is 28.7 Å². The van der Waals surface area contributed by atoms with Gasteiger partial charge in [-0.2, -0.15) is 13.2 Å². The number of hydrogen-bond donors (Lipinski definition) is 2. The summed E-state index contributed by atoms with van der Waals surface area (Å²) in [5, 5.41) is 6.21. The van der Waals surface area contributed by atoms with E-state index in [4.69, 9.17) is 12.2 Å². The molecule has 0 saturated carbocycles. The van der Waals surface area contributed by atoms with Gasteiger partial charge >= 0.3 is 6.18 Å². The van der Waals surface area contributed by atoms with E-state index in [1.165, 1.54) is 30.0 Å². The van der Waals surface area contributed by atoms with Crippen LogP contribution in [0.5, 0.6) is 0 Å². The first-order chi connectivity index (χ1) is 12.9. The van der Waals surface area contributed by atoms with Crippen LogP contribution in [0.2, 0.25) is 0 Å². The van der Waals surface area contributed by atoms with Crippen LogP contribution >= 0.6 is 12.2 Å². The number of anilines is 2. The molecule has 1 unspecified atom stereocenters. The Morgan fingerprint density at radius 2 is 1.81 bits per heavy atom. The summed E-state index contributed by atoms with van der Waals surface area (Å²) in [6.07, 6.45) is -0.932. The molecule has 0 radical (unpaired) electrons. The minimum Gasteiger partial charge on any atom is -0.332 e. The topological polar surface area (TPSA) is 27.3 Å². The molecule has 1 fully saturated rings. The highest BCUT2D eigenvalue weighted by molar-refractivity contribution is 7.80. The fraction of sp³-hybridized carbons (Fsp3) is 0.350. The molecule has 4 rings (SSSR count). The molecule has 3 nitrogen and oxygen atoms in total. The summed E-state index contributed by atoms with van der Waals surface area (Å²) in [7, 11) is 0. The number of rotatable bonds is 2. The summed E-state index contributed by atoms with van der Waals surface area (Å²) in [6, 6.07) is 11.7. The summed E-state index contributed by atoms with van der Waals surface area (Å²) in [6.45, 7) is 2.26. The summed E-state index contributed by atoms with van der Waals surface area (Å²) in [5.41, 5.74) is 3.17. The second-order valence-electron chi connectivity index (χ2n) is 7.02. The molecule has 142 valence electrons. The first kappa shape index (κ1) is 18.3. The maximum atomic E-state index is 12.8. The average Bonchev–Trinajstić information content (AvgIpc) is 3.10.